The molecule has 5 rings (SSSR count). The molecule has 1 saturated heterocycles. The molecule has 0 aliphatic carbocycles. The average Bonchev–Trinajstić information content (AvgIpc) is 3.00. The number of nitriles is 1. The molecular formula is C30H29IN8O2. The molecule has 10 nitrogen and oxygen atoms in total. The standard InChI is InChI=1S/C30H29IN8O2/c1-37-13-15-38(16-14-37)23-7-9-24(10-8-23)39(30(40)35-22-5-3-21(19-32)4-6-22)29-18-28(33-20-34-29)36-27-12-11-25(41-2)17-26(27)31/h3-12,17-18,20H,13-16H2,1-2H3,(H,35,40)(H,33,34,36). The number of carbonyl (C=O) groups excluding carboxylic acids is 1. The summed E-state index contributed by atoms with van der Waals surface area (Å²) in [6.07, 6.45) is 1.43. The monoisotopic (exact) mass is 660 g/mol. The molecule has 1 aliphatic heterocycles. The lowest BCUT2D eigenvalue weighted by Crippen LogP contribution is -2.44. The van der Waals surface area contributed by atoms with E-state index < -0.39 is 6.03 Å². The SMILES string of the molecule is COc1ccc(Nc2cc(N(C(=O)Nc3ccc(C#N)cc3)c3ccc(N4CCN(C)CC4)cc3)ncn2)c(I)c1. The van der Waals surface area contributed by atoms with E-state index in [9.17, 15) is 4.79 Å². The number of methoxy groups -OCH3 is 1. The summed E-state index contributed by atoms with van der Waals surface area (Å²) >= 11 is 2.23. The van der Waals surface area contributed by atoms with Crippen LogP contribution >= 0.6 is 22.6 Å². The number of benzene rings is 3. The second kappa shape index (κ2) is 12.8. The van der Waals surface area contributed by atoms with E-state index in [1.54, 1.807) is 37.4 Å². The van der Waals surface area contributed by atoms with Crippen molar-refractivity contribution in [1.29, 1.82) is 5.26 Å². The fourth-order valence-electron chi connectivity index (χ4n) is 4.44. The fourth-order valence-corrected chi connectivity index (χ4v) is 5.06. The van der Waals surface area contributed by atoms with Crippen molar-refractivity contribution in [1.82, 2.24) is 14.9 Å². The Bertz CT molecular complexity index is 1550. The maximum absolute atomic E-state index is 13.7. The highest BCUT2D eigenvalue weighted by atomic mass is 127. The number of piperazine rings is 1. The van der Waals surface area contributed by atoms with Gasteiger partial charge in [0.2, 0.25) is 0 Å². The topological polar surface area (TPSA) is 110 Å². The first-order valence-corrected chi connectivity index (χ1v) is 14.1. The van der Waals surface area contributed by atoms with E-state index in [0.29, 0.717) is 28.6 Å². The molecule has 0 radical (unpaired) electrons. The molecule has 208 valence electrons. The molecule has 3 aromatic carbocycles. The molecule has 2 amide bonds. The lowest BCUT2D eigenvalue weighted by atomic mass is 10.2. The lowest BCUT2D eigenvalue weighted by Gasteiger charge is -2.34. The Labute approximate surface area is 252 Å². The zero-order chi connectivity index (χ0) is 28.8. The number of anilines is 6. The van der Waals surface area contributed by atoms with Crippen LogP contribution in [0.25, 0.3) is 0 Å². The molecule has 0 unspecified atom stereocenters. The molecule has 1 aliphatic rings. The largest absolute Gasteiger partial charge is 0.497 e. The first-order chi connectivity index (χ1) is 19.9. The van der Waals surface area contributed by atoms with Gasteiger partial charge in [-0.3, -0.25) is 0 Å². The summed E-state index contributed by atoms with van der Waals surface area (Å²) in [5.41, 5.74) is 3.68. The summed E-state index contributed by atoms with van der Waals surface area (Å²) in [4.78, 5) is 28.7. The highest BCUT2D eigenvalue weighted by Gasteiger charge is 2.22. The van der Waals surface area contributed by atoms with Crippen molar-refractivity contribution < 1.29 is 9.53 Å². The van der Waals surface area contributed by atoms with Gasteiger partial charge in [0, 0.05) is 47.2 Å². The highest BCUT2D eigenvalue weighted by molar-refractivity contribution is 14.1. The van der Waals surface area contributed by atoms with E-state index in [0.717, 1.165) is 46.9 Å². The van der Waals surface area contributed by atoms with Crippen molar-refractivity contribution in [3.63, 3.8) is 0 Å². The van der Waals surface area contributed by atoms with Gasteiger partial charge in [-0.05, 0) is 96.4 Å². The molecule has 11 heteroatoms. The quantitative estimate of drug-likeness (QED) is 0.239. The minimum atomic E-state index is -0.397. The first kappa shape index (κ1) is 28.1. The van der Waals surface area contributed by atoms with Crippen LogP contribution in [0.15, 0.2) is 79.1 Å². The van der Waals surface area contributed by atoms with Crippen molar-refractivity contribution in [2.24, 2.45) is 0 Å². The number of carbonyl (C=O) groups is 1. The number of halogens is 1. The zero-order valence-corrected chi connectivity index (χ0v) is 24.9. The van der Waals surface area contributed by atoms with Crippen LogP contribution in [-0.4, -0.2) is 61.2 Å². The van der Waals surface area contributed by atoms with Gasteiger partial charge in [0.1, 0.15) is 23.7 Å². The number of rotatable bonds is 7. The molecule has 2 N–H and O–H groups in total. The summed E-state index contributed by atoms with van der Waals surface area (Å²) < 4.78 is 6.26. The summed E-state index contributed by atoms with van der Waals surface area (Å²) in [5, 5.41) is 15.4. The Morgan fingerprint density at radius 2 is 1.73 bits per heavy atom. The third kappa shape index (κ3) is 6.85. The van der Waals surface area contributed by atoms with Gasteiger partial charge in [0.15, 0.2) is 0 Å². The van der Waals surface area contributed by atoms with Crippen LogP contribution in [0.5, 0.6) is 5.75 Å². The van der Waals surface area contributed by atoms with Crippen LogP contribution < -0.4 is 25.2 Å². The van der Waals surface area contributed by atoms with Gasteiger partial charge in [-0.2, -0.15) is 5.26 Å². The van der Waals surface area contributed by atoms with Crippen molar-refractivity contribution in [2.45, 2.75) is 0 Å². The third-order valence-corrected chi connectivity index (χ3v) is 7.66. The molecule has 41 heavy (non-hydrogen) atoms. The van der Waals surface area contributed by atoms with Gasteiger partial charge in [-0.25, -0.2) is 19.7 Å². The van der Waals surface area contributed by atoms with E-state index in [2.05, 4.69) is 66.1 Å². The number of nitrogens with one attached hydrogen (secondary N) is 2. The summed E-state index contributed by atoms with van der Waals surface area (Å²) in [6.45, 7) is 3.91. The second-order valence-electron chi connectivity index (χ2n) is 9.49. The first-order valence-electron chi connectivity index (χ1n) is 13.0. The third-order valence-electron chi connectivity index (χ3n) is 6.77. The number of aromatic nitrogens is 2. The number of hydrogen-bond donors (Lipinski definition) is 2. The fraction of sp³-hybridized carbons (Fsp3) is 0.200. The van der Waals surface area contributed by atoms with Crippen LogP contribution in [0.1, 0.15) is 5.56 Å². The normalized spacial score (nSPS) is 13.3. The van der Waals surface area contributed by atoms with Gasteiger partial charge in [-0.1, -0.05) is 0 Å². The number of hydrogen-bond acceptors (Lipinski definition) is 8. The maximum atomic E-state index is 13.7. The predicted molar refractivity (Wildman–Crippen MR) is 169 cm³/mol. The van der Waals surface area contributed by atoms with Gasteiger partial charge in [0.25, 0.3) is 0 Å². The van der Waals surface area contributed by atoms with E-state index in [-0.39, 0.29) is 0 Å². The molecule has 1 fully saturated rings. The zero-order valence-electron chi connectivity index (χ0n) is 22.7. The average molecular weight is 661 g/mol. The Hall–Kier alpha value is -4.41. The number of amides is 2. The van der Waals surface area contributed by atoms with Gasteiger partial charge >= 0.3 is 6.03 Å². The Morgan fingerprint density at radius 3 is 2.39 bits per heavy atom. The van der Waals surface area contributed by atoms with Crippen LogP contribution in [0.2, 0.25) is 0 Å². The maximum Gasteiger partial charge on any atom is 0.332 e. The Morgan fingerprint density at radius 1 is 1.00 bits per heavy atom. The molecule has 4 aromatic rings. The van der Waals surface area contributed by atoms with Crippen LogP contribution in [0, 0.1) is 14.9 Å². The Balaban J connectivity index is 1.45. The smallest absolute Gasteiger partial charge is 0.332 e. The van der Waals surface area contributed by atoms with Gasteiger partial charge in [-0.15, -0.1) is 0 Å². The molecule has 0 saturated carbocycles. The van der Waals surface area contributed by atoms with Crippen molar-refractivity contribution in [3.8, 4) is 11.8 Å². The minimum Gasteiger partial charge on any atom is -0.497 e. The lowest BCUT2D eigenvalue weighted by molar-refractivity contribution is 0.259. The molecule has 2 heterocycles. The summed E-state index contributed by atoms with van der Waals surface area (Å²) in [5.74, 6) is 1.68. The van der Waals surface area contributed by atoms with E-state index >= 15 is 0 Å². The molecule has 0 bridgehead atoms. The van der Waals surface area contributed by atoms with Gasteiger partial charge in [0.05, 0.1) is 30.1 Å². The second-order valence-corrected chi connectivity index (χ2v) is 10.7. The van der Waals surface area contributed by atoms with E-state index in [4.69, 9.17) is 10.00 Å². The van der Waals surface area contributed by atoms with Gasteiger partial charge < -0.3 is 25.2 Å². The van der Waals surface area contributed by atoms with Crippen LogP contribution in [-0.2, 0) is 0 Å². The molecule has 0 atom stereocenters. The summed E-state index contributed by atoms with van der Waals surface area (Å²) in [7, 11) is 3.76. The van der Waals surface area contributed by atoms with E-state index in [1.807, 2.05) is 42.5 Å². The van der Waals surface area contributed by atoms with Crippen LogP contribution in [0.3, 0.4) is 0 Å². The van der Waals surface area contributed by atoms with Crippen molar-refractivity contribution in [2.75, 3.05) is 60.8 Å². The molecular weight excluding hydrogens is 631 g/mol. The number of nitrogens with zero attached hydrogens (tertiary/aromatic N) is 6. The number of urea groups is 1. The molecule has 0 spiro atoms. The Kier molecular flexibility index (Phi) is 8.81. The number of ether oxygens (including phenoxy) is 1. The predicted octanol–water partition coefficient (Wildman–Crippen LogP) is 5.83. The van der Waals surface area contributed by atoms with Crippen LogP contribution in [0.4, 0.5) is 39.2 Å². The van der Waals surface area contributed by atoms with E-state index in [1.165, 1.54) is 11.2 Å². The minimum absolute atomic E-state index is 0.393. The number of likely N-dealkylation sites (N-methyl/N-ethyl adjacent to an activating group) is 1. The van der Waals surface area contributed by atoms with Crippen molar-refractivity contribution in [3.05, 3.63) is 88.3 Å². The molecule has 1 aromatic heterocycles. The highest BCUT2D eigenvalue weighted by Crippen LogP contribution is 2.31. The van der Waals surface area contributed by atoms with Crippen molar-refractivity contribution >= 4 is 63.0 Å². The summed E-state index contributed by atoms with van der Waals surface area (Å²) in [6, 6.07) is 23.8.